The Kier molecular flexibility index (Phi) is 20.2. The summed E-state index contributed by atoms with van der Waals surface area (Å²) in [7, 11) is 0. The zero-order chi connectivity index (χ0) is 38.9. The third-order valence-electron chi connectivity index (χ3n) is 7.47. The summed E-state index contributed by atoms with van der Waals surface area (Å²) in [5.41, 5.74) is 4.06. The predicted molar refractivity (Wildman–Crippen MR) is 194 cm³/mol. The summed E-state index contributed by atoms with van der Waals surface area (Å²) in [6, 6.07) is 30.9. The first-order valence-corrected chi connectivity index (χ1v) is 17.0. The molecule has 0 aromatic heterocycles. The third-order valence-corrected chi connectivity index (χ3v) is 7.47. The van der Waals surface area contributed by atoms with Crippen molar-refractivity contribution in [3.8, 4) is 17.2 Å². The molecule has 0 saturated carbocycles. The van der Waals surface area contributed by atoms with Crippen LogP contribution < -0.4 is 4.74 Å². The number of benzene rings is 4. The topological polar surface area (TPSA) is 101 Å². The van der Waals surface area contributed by atoms with Gasteiger partial charge < -0.3 is 26.8 Å². The van der Waals surface area contributed by atoms with Crippen molar-refractivity contribution in [1.82, 2.24) is 0 Å². The van der Waals surface area contributed by atoms with Gasteiger partial charge in [0, 0.05) is 10.8 Å². The molecule has 0 bridgehead atoms. The summed E-state index contributed by atoms with van der Waals surface area (Å²) < 4.78 is 21.5. The predicted octanol–water partition coefficient (Wildman–Crippen LogP) is 10.7. The minimum absolute atomic E-state index is 0.214. The minimum atomic E-state index is -0.588. The van der Waals surface area contributed by atoms with Gasteiger partial charge in [0.1, 0.15) is 17.2 Å². The number of hydrogen-bond acceptors (Lipinski definition) is 6. The Bertz CT molecular complexity index is 1530. The number of rotatable bonds is 6. The fraction of sp³-hybridized carbons (Fsp3) is 0.357. The molecule has 1 atom stereocenters. The Balaban J connectivity index is 0.00000176. The molecule has 4 aromatic carbocycles. The van der Waals surface area contributed by atoms with Crippen molar-refractivity contribution in [2.75, 3.05) is 0 Å². The second-order valence-corrected chi connectivity index (χ2v) is 14.6. The van der Waals surface area contributed by atoms with Gasteiger partial charge >= 0.3 is 45.0 Å². The first-order valence-electron chi connectivity index (χ1n) is 16.1. The monoisotopic (exact) mass is 772 g/mol. The molecule has 0 aliphatic carbocycles. The van der Waals surface area contributed by atoms with Gasteiger partial charge in [-0.1, -0.05) is 74.5 Å². The van der Waals surface area contributed by atoms with Gasteiger partial charge in [0.15, 0.2) is 0 Å². The van der Waals surface area contributed by atoms with Gasteiger partial charge in [0.2, 0.25) is 0 Å². The summed E-state index contributed by atoms with van der Waals surface area (Å²) in [6.45, 7) is 24.5. The molecule has 2 N–H and O–H groups in total. The average Bonchev–Trinajstić information content (AvgIpc) is 3.06. The Morgan fingerprint density at radius 1 is 0.500 bits per heavy atom. The van der Waals surface area contributed by atoms with Crippen molar-refractivity contribution in [2.24, 2.45) is 5.41 Å². The molecule has 6 nitrogen and oxygen atoms in total. The number of hydrogen-bond donors (Lipinski definition) is 2. The molecule has 0 spiro atoms. The van der Waals surface area contributed by atoms with E-state index >= 15 is 0 Å². The Hall–Kier alpha value is -3.44. The standard InChI is InChI=1S/C34H36O4.2C4H9.2Co.2O/c1-32(2,3)31(37)38-30-21-15-27(16-22-30)34(6,26-13-19-29(36)20-14-26)25-9-7-23(8-10-25)33(4,5)24-11-17-28(35)18-12-24;2*1-4(2)3;;;;/h7-22,35-36H,1-6H3;2*1-3H3;;;;/q;2*-1;;;;. The molecule has 0 fully saturated rings. The SMILES string of the molecule is CC(C)(C)C(=O)Oc1ccc(C(C)(c2ccc(O)cc2)c2ccc(C(C)(C)c3ccc(O)cc3)cc2)cc1.C[C-](C)C.C[C-](C)C.[O]=[Co].[O]=[Co]. The van der Waals surface area contributed by atoms with Gasteiger partial charge in [-0.05, 0) is 91.9 Å². The first kappa shape index (κ1) is 46.6. The van der Waals surface area contributed by atoms with Crippen LogP contribution in [0, 0.1) is 17.3 Å². The molecule has 8 heteroatoms. The normalized spacial score (nSPS) is 11.9. The summed E-state index contributed by atoms with van der Waals surface area (Å²) in [4.78, 5) is 12.4. The van der Waals surface area contributed by atoms with Crippen molar-refractivity contribution >= 4 is 5.97 Å². The number of ether oxygens (including phenoxy) is 1. The molecule has 0 aliphatic rings. The van der Waals surface area contributed by atoms with Crippen LogP contribution in [-0.2, 0) is 54.7 Å². The number of phenolic OH excluding ortho intramolecular Hbond substituents is 2. The molecule has 0 aliphatic heterocycles. The molecule has 50 heavy (non-hydrogen) atoms. The number of esters is 1. The van der Waals surface area contributed by atoms with Crippen LogP contribution in [0.3, 0.4) is 0 Å². The van der Waals surface area contributed by atoms with Crippen LogP contribution >= 0.6 is 0 Å². The van der Waals surface area contributed by atoms with Gasteiger partial charge in [-0.25, -0.2) is 0 Å². The van der Waals surface area contributed by atoms with Gasteiger partial charge in [0.25, 0.3) is 0 Å². The quantitative estimate of drug-likeness (QED) is 0.0876. The second kappa shape index (κ2) is 21.7. The number of aromatic hydroxyl groups is 2. The summed E-state index contributed by atoms with van der Waals surface area (Å²) >= 11 is 4.62. The fourth-order valence-corrected chi connectivity index (χ4v) is 4.68. The average molecular weight is 773 g/mol. The number of carbonyl (C=O) groups is 1. The van der Waals surface area contributed by atoms with Crippen LogP contribution in [0.15, 0.2) is 97.1 Å². The van der Waals surface area contributed by atoms with Crippen LogP contribution in [0.4, 0.5) is 0 Å². The molecular weight excluding hydrogens is 718 g/mol. The van der Waals surface area contributed by atoms with Crippen molar-refractivity contribution in [1.29, 1.82) is 0 Å². The van der Waals surface area contributed by atoms with Crippen molar-refractivity contribution < 1.29 is 58.8 Å². The van der Waals surface area contributed by atoms with E-state index in [1.165, 1.54) is 11.8 Å². The third kappa shape index (κ3) is 14.4. The number of phenols is 2. The van der Waals surface area contributed by atoms with E-state index < -0.39 is 10.8 Å². The van der Waals surface area contributed by atoms with Crippen LogP contribution in [-0.4, -0.2) is 16.2 Å². The Morgan fingerprint density at radius 3 is 1.04 bits per heavy atom. The van der Waals surface area contributed by atoms with E-state index in [-0.39, 0.29) is 22.9 Å². The maximum absolute atomic E-state index is 12.4. The van der Waals surface area contributed by atoms with E-state index in [9.17, 15) is 15.0 Å². The molecule has 0 amide bonds. The Labute approximate surface area is 316 Å². The van der Waals surface area contributed by atoms with Crippen molar-refractivity contribution in [2.45, 2.75) is 93.9 Å². The van der Waals surface area contributed by atoms with E-state index in [0.717, 1.165) is 27.8 Å². The van der Waals surface area contributed by atoms with E-state index in [0.29, 0.717) is 5.75 Å². The Morgan fingerprint density at radius 2 is 0.740 bits per heavy atom. The maximum atomic E-state index is 12.4. The first-order chi connectivity index (χ1) is 23.3. The van der Waals surface area contributed by atoms with E-state index in [2.05, 4.69) is 118 Å². The molecule has 4 aromatic rings. The molecule has 0 radical (unpaired) electrons. The van der Waals surface area contributed by atoms with E-state index in [1.807, 2.05) is 69.3 Å². The van der Waals surface area contributed by atoms with E-state index in [1.54, 1.807) is 24.3 Å². The summed E-state index contributed by atoms with van der Waals surface area (Å²) in [5.74, 6) is 3.53. The zero-order valence-corrected chi connectivity index (χ0v) is 33.5. The van der Waals surface area contributed by atoms with Gasteiger partial charge in [-0.15, -0.1) is 0 Å². The molecule has 1 unspecified atom stereocenters. The van der Waals surface area contributed by atoms with Crippen molar-refractivity contribution in [3.63, 3.8) is 0 Å². The molecular formula is C42H54Co2O6-2. The van der Waals surface area contributed by atoms with Gasteiger partial charge in [0.05, 0.1) is 5.41 Å². The molecule has 4 rings (SSSR count). The van der Waals surface area contributed by atoms with Crippen LogP contribution in [0.5, 0.6) is 17.2 Å². The zero-order valence-electron chi connectivity index (χ0n) is 31.4. The second-order valence-electron chi connectivity index (χ2n) is 14.6. The van der Waals surface area contributed by atoms with Crippen molar-refractivity contribution in [3.05, 3.63) is 137 Å². The van der Waals surface area contributed by atoms with Crippen LogP contribution in [0.2, 0.25) is 0 Å². The van der Waals surface area contributed by atoms with Gasteiger partial charge in [-0.2, -0.15) is 41.5 Å². The van der Waals surface area contributed by atoms with Crippen LogP contribution in [0.1, 0.15) is 111 Å². The number of carbonyl (C=O) groups excluding carboxylic acids is 1. The van der Waals surface area contributed by atoms with E-state index in [4.69, 9.17) is 12.5 Å². The summed E-state index contributed by atoms with van der Waals surface area (Å²) in [6.07, 6.45) is 0. The van der Waals surface area contributed by atoms with Crippen LogP contribution in [0.25, 0.3) is 0 Å². The molecule has 0 heterocycles. The fourth-order valence-electron chi connectivity index (χ4n) is 4.68. The molecule has 278 valence electrons. The van der Waals surface area contributed by atoms with Gasteiger partial charge in [-0.3, -0.25) is 4.79 Å². The summed E-state index contributed by atoms with van der Waals surface area (Å²) in [5, 5.41) is 19.6. The molecule has 0 saturated heterocycles.